The number of thioether (sulfide) groups is 1. The van der Waals surface area contributed by atoms with Crippen molar-refractivity contribution < 1.29 is 9.90 Å². The van der Waals surface area contributed by atoms with Gasteiger partial charge in [-0.2, -0.15) is 0 Å². The summed E-state index contributed by atoms with van der Waals surface area (Å²) in [7, 11) is 0. The van der Waals surface area contributed by atoms with E-state index in [1.165, 1.54) is 11.8 Å². The predicted molar refractivity (Wildman–Crippen MR) is 121 cm³/mol. The lowest BCUT2D eigenvalue weighted by Crippen LogP contribution is -2.18. The molecule has 5 heteroatoms. The maximum absolute atomic E-state index is 12.4. The maximum Gasteiger partial charge on any atom is 0.234 e. The Morgan fingerprint density at radius 1 is 1.04 bits per heavy atom. The van der Waals surface area contributed by atoms with E-state index in [0.717, 1.165) is 21.6 Å². The Bertz CT molecular complexity index is 844. The van der Waals surface area contributed by atoms with Gasteiger partial charge in [0.2, 0.25) is 5.91 Å². The summed E-state index contributed by atoms with van der Waals surface area (Å²) < 4.78 is 0. The highest BCUT2D eigenvalue weighted by Crippen LogP contribution is 2.41. The molecule has 0 fully saturated rings. The molecule has 0 saturated carbocycles. The molecule has 0 bridgehead atoms. The van der Waals surface area contributed by atoms with Crippen LogP contribution >= 0.6 is 23.4 Å². The molecule has 0 radical (unpaired) electrons. The number of halogens is 1. The van der Waals surface area contributed by atoms with Crippen molar-refractivity contribution in [1.82, 2.24) is 0 Å². The Balaban J connectivity index is 2.21. The average Bonchev–Trinajstić information content (AvgIpc) is 2.55. The summed E-state index contributed by atoms with van der Waals surface area (Å²) in [5.74, 6) is 0.541. The van der Waals surface area contributed by atoms with Gasteiger partial charge in [-0.1, -0.05) is 59.2 Å². The second kappa shape index (κ2) is 8.38. The van der Waals surface area contributed by atoms with Crippen molar-refractivity contribution in [2.75, 3.05) is 11.1 Å². The van der Waals surface area contributed by atoms with E-state index in [-0.39, 0.29) is 22.5 Å². The first-order valence-electron chi connectivity index (χ1n) is 9.36. The van der Waals surface area contributed by atoms with Crippen LogP contribution in [0.25, 0.3) is 0 Å². The molecule has 1 amide bonds. The average molecular weight is 420 g/mol. The molecule has 0 atom stereocenters. The Kier molecular flexibility index (Phi) is 6.78. The standard InChI is InChI=1S/C23H30ClNO2S/c1-14-8-9-15(10-19(14)24)25-20(26)13-28-16-11-17(22(2,3)4)21(27)18(12-16)23(5,6)7/h8-12,27H,13H2,1-7H3,(H,25,26). The molecule has 0 saturated heterocycles. The first-order valence-corrected chi connectivity index (χ1v) is 10.7. The highest BCUT2D eigenvalue weighted by Gasteiger charge is 2.26. The van der Waals surface area contributed by atoms with E-state index in [9.17, 15) is 9.90 Å². The smallest absolute Gasteiger partial charge is 0.234 e. The van der Waals surface area contributed by atoms with Crippen LogP contribution < -0.4 is 5.32 Å². The molecule has 0 heterocycles. The fourth-order valence-corrected chi connectivity index (χ4v) is 3.80. The molecular weight excluding hydrogens is 390 g/mol. The van der Waals surface area contributed by atoms with E-state index in [2.05, 4.69) is 46.9 Å². The largest absolute Gasteiger partial charge is 0.507 e. The van der Waals surface area contributed by atoms with Crippen molar-refractivity contribution in [3.63, 3.8) is 0 Å². The third kappa shape index (κ3) is 5.68. The molecule has 0 aromatic heterocycles. The monoisotopic (exact) mass is 419 g/mol. The van der Waals surface area contributed by atoms with E-state index >= 15 is 0 Å². The van der Waals surface area contributed by atoms with Crippen molar-refractivity contribution >= 4 is 35.0 Å². The van der Waals surface area contributed by atoms with Crippen molar-refractivity contribution in [3.05, 3.63) is 52.0 Å². The summed E-state index contributed by atoms with van der Waals surface area (Å²) in [6, 6.07) is 9.47. The number of carbonyl (C=O) groups excluding carboxylic acids is 1. The number of nitrogens with one attached hydrogen (secondary N) is 1. The van der Waals surface area contributed by atoms with Crippen LogP contribution in [0.15, 0.2) is 35.2 Å². The molecule has 0 aliphatic heterocycles. The number of phenols is 1. The first kappa shape index (κ1) is 22.6. The molecule has 0 unspecified atom stereocenters. The predicted octanol–water partition coefficient (Wildman–Crippen LogP) is 6.68. The zero-order valence-electron chi connectivity index (χ0n) is 17.7. The highest BCUT2D eigenvalue weighted by atomic mass is 35.5. The second-order valence-corrected chi connectivity index (χ2v) is 10.6. The lowest BCUT2D eigenvalue weighted by atomic mass is 9.79. The Morgan fingerprint density at radius 3 is 2.04 bits per heavy atom. The molecule has 0 aliphatic rings. The zero-order valence-corrected chi connectivity index (χ0v) is 19.3. The van der Waals surface area contributed by atoms with Crippen molar-refractivity contribution in [2.24, 2.45) is 0 Å². The Labute approximate surface area is 177 Å². The van der Waals surface area contributed by atoms with Gasteiger partial charge in [-0.3, -0.25) is 4.79 Å². The van der Waals surface area contributed by atoms with Crippen LogP contribution in [0.3, 0.4) is 0 Å². The minimum absolute atomic E-state index is 0.0902. The summed E-state index contributed by atoms with van der Waals surface area (Å²) in [5.41, 5.74) is 3.07. The third-order valence-electron chi connectivity index (χ3n) is 4.52. The topological polar surface area (TPSA) is 49.3 Å². The van der Waals surface area contributed by atoms with Crippen LogP contribution in [0.5, 0.6) is 5.75 Å². The van der Waals surface area contributed by atoms with Gasteiger partial charge in [0.05, 0.1) is 5.75 Å². The van der Waals surface area contributed by atoms with Crippen molar-refractivity contribution in [2.45, 2.75) is 64.2 Å². The van der Waals surface area contributed by atoms with Crippen LogP contribution in [-0.2, 0) is 15.6 Å². The summed E-state index contributed by atoms with van der Waals surface area (Å²) >= 11 is 7.59. The van der Waals surface area contributed by atoms with Crippen LogP contribution in [0, 0.1) is 6.92 Å². The van der Waals surface area contributed by atoms with Crippen LogP contribution in [0.1, 0.15) is 58.2 Å². The van der Waals surface area contributed by atoms with Crippen molar-refractivity contribution in [3.8, 4) is 5.75 Å². The third-order valence-corrected chi connectivity index (χ3v) is 5.91. The van der Waals surface area contributed by atoms with Crippen molar-refractivity contribution in [1.29, 1.82) is 0 Å². The molecule has 2 rings (SSSR count). The molecule has 2 aromatic carbocycles. The summed E-state index contributed by atoms with van der Waals surface area (Å²) in [5, 5.41) is 14.3. The van der Waals surface area contributed by atoms with Gasteiger partial charge in [0.1, 0.15) is 5.75 Å². The molecule has 2 aromatic rings. The minimum atomic E-state index is -0.193. The molecule has 152 valence electrons. The van der Waals surface area contributed by atoms with Crippen LogP contribution in [-0.4, -0.2) is 16.8 Å². The van der Waals surface area contributed by atoms with E-state index < -0.39 is 0 Å². The molecule has 0 aliphatic carbocycles. The number of amides is 1. The second-order valence-electron chi connectivity index (χ2n) is 9.17. The molecular formula is C23H30ClNO2S. The summed E-state index contributed by atoms with van der Waals surface area (Å²) in [6.07, 6.45) is 0. The Morgan fingerprint density at radius 2 is 1.57 bits per heavy atom. The summed E-state index contributed by atoms with van der Waals surface area (Å²) in [6.45, 7) is 14.4. The van der Waals surface area contributed by atoms with Gasteiger partial charge in [-0.15, -0.1) is 11.8 Å². The van der Waals surface area contributed by atoms with Crippen LogP contribution in [0.2, 0.25) is 5.02 Å². The SMILES string of the molecule is Cc1ccc(NC(=O)CSc2cc(C(C)(C)C)c(O)c(C(C)(C)C)c2)cc1Cl. The number of hydrogen-bond acceptors (Lipinski definition) is 3. The number of carbonyl (C=O) groups is 1. The molecule has 3 nitrogen and oxygen atoms in total. The van der Waals surface area contributed by atoms with E-state index in [4.69, 9.17) is 11.6 Å². The minimum Gasteiger partial charge on any atom is -0.507 e. The number of aromatic hydroxyl groups is 1. The normalized spacial score (nSPS) is 12.1. The number of phenolic OH excluding ortho intramolecular Hbond substituents is 1. The van der Waals surface area contributed by atoms with Gasteiger partial charge in [-0.05, 0) is 47.6 Å². The maximum atomic E-state index is 12.4. The quantitative estimate of drug-likeness (QED) is 0.543. The van der Waals surface area contributed by atoms with E-state index in [1.54, 1.807) is 6.07 Å². The van der Waals surface area contributed by atoms with Gasteiger partial charge in [0.15, 0.2) is 0 Å². The highest BCUT2D eigenvalue weighted by molar-refractivity contribution is 8.00. The number of anilines is 1. The molecule has 0 spiro atoms. The lowest BCUT2D eigenvalue weighted by molar-refractivity contribution is -0.113. The van der Waals surface area contributed by atoms with E-state index in [1.807, 2.05) is 31.2 Å². The number of rotatable bonds is 4. The summed E-state index contributed by atoms with van der Waals surface area (Å²) in [4.78, 5) is 13.4. The molecule has 28 heavy (non-hydrogen) atoms. The zero-order chi connectivity index (χ0) is 21.3. The number of aryl methyl sites for hydroxylation is 1. The Hall–Kier alpha value is -1.65. The van der Waals surface area contributed by atoms with Gasteiger partial charge in [0, 0.05) is 26.7 Å². The van der Waals surface area contributed by atoms with E-state index in [0.29, 0.717) is 16.5 Å². The lowest BCUT2D eigenvalue weighted by Gasteiger charge is -2.28. The van der Waals surface area contributed by atoms with Crippen LogP contribution in [0.4, 0.5) is 5.69 Å². The van der Waals surface area contributed by atoms with Gasteiger partial charge >= 0.3 is 0 Å². The number of benzene rings is 2. The van der Waals surface area contributed by atoms with Gasteiger partial charge in [0.25, 0.3) is 0 Å². The fourth-order valence-electron chi connectivity index (χ4n) is 2.85. The first-order chi connectivity index (χ1) is 12.8. The molecule has 2 N–H and O–H groups in total. The van der Waals surface area contributed by atoms with Gasteiger partial charge in [-0.25, -0.2) is 0 Å². The fraction of sp³-hybridized carbons (Fsp3) is 0.435. The number of hydrogen-bond donors (Lipinski definition) is 2. The van der Waals surface area contributed by atoms with Gasteiger partial charge < -0.3 is 10.4 Å².